The molecule has 2 aromatic carbocycles. The van der Waals surface area contributed by atoms with Crippen molar-refractivity contribution in [2.45, 2.75) is 13.5 Å². The molecule has 0 saturated heterocycles. The number of ether oxygens (including phenoxy) is 2. The minimum atomic E-state index is -0.934. The van der Waals surface area contributed by atoms with Crippen LogP contribution in [0.3, 0.4) is 0 Å². The molecule has 2 rings (SSSR count). The highest BCUT2D eigenvalue weighted by Gasteiger charge is 2.10. The van der Waals surface area contributed by atoms with E-state index in [0.717, 1.165) is 15.7 Å². The fraction of sp³-hybridized carbons (Fsp3) is 0.235. The molecule has 23 heavy (non-hydrogen) atoms. The van der Waals surface area contributed by atoms with E-state index in [4.69, 9.17) is 14.6 Å². The number of carbonyl (C=O) groups is 1. The van der Waals surface area contributed by atoms with E-state index in [1.807, 2.05) is 19.1 Å². The van der Waals surface area contributed by atoms with E-state index < -0.39 is 5.97 Å². The number of carboxylic acids is 1. The predicted molar refractivity (Wildman–Crippen MR) is 92.6 cm³/mol. The molecule has 0 aromatic heterocycles. The van der Waals surface area contributed by atoms with Gasteiger partial charge in [0.25, 0.3) is 0 Å². The Kier molecular flexibility index (Phi) is 5.87. The Labute approximate surface area is 143 Å². The number of carboxylic acid groups (broad SMARTS) is 1. The SMILES string of the molecule is CCOc1cc(CNc2ccc(C(=O)O)cc2)c(Br)cc1OC. The third kappa shape index (κ3) is 4.39. The average molecular weight is 380 g/mol. The lowest BCUT2D eigenvalue weighted by molar-refractivity contribution is 0.0697. The summed E-state index contributed by atoms with van der Waals surface area (Å²) in [6, 6.07) is 10.4. The summed E-state index contributed by atoms with van der Waals surface area (Å²) in [6.07, 6.45) is 0. The molecule has 0 aliphatic heterocycles. The van der Waals surface area contributed by atoms with E-state index in [-0.39, 0.29) is 5.56 Å². The molecule has 6 heteroatoms. The summed E-state index contributed by atoms with van der Waals surface area (Å²) < 4.78 is 11.8. The maximum atomic E-state index is 10.8. The van der Waals surface area contributed by atoms with Crippen LogP contribution in [0.1, 0.15) is 22.8 Å². The van der Waals surface area contributed by atoms with E-state index in [2.05, 4.69) is 21.2 Å². The van der Waals surface area contributed by atoms with Crippen molar-refractivity contribution in [2.75, 3.05) is 19.0 Å². The number of hydrogen-bond donors (Lipinski definition) is 2. The number of benzene rings is 2. The monoisotopic (exact) mass is 379 g/mol. The number of rotatable bonds is 7. The first-order valence-electron chi connectivity index (χ1n) is 7.11. The first-order valence-corrected chi connectivity index (χ1v) is 7.91. The van der Waals surface area contributed by atoms with Gasteiger partial charge in [-0.3, -0.25) is 0 Å². The summed E-state index contributed by atoms with van der Waals surface area (Å²) >= 11 is 3.52. The van der Waals surface area contributed by atoms with Crippen LogP contribution in [-0.4, -0.2) is 24.8 Å². The number of anilines is 1. The molecule has 0 heterocycles. The molecule has 0 aliphatic carbocycles. The quantitative estimate of drug-likeness (QED) is 0.755. The molecular weight excluding hydrogens is 362 g/mol. The van der Waals surface area contributed by atoms with Crippen LogP contribution in [0, 0.1) is 0 Å². The first kappa shape index (κ1) is 17.1. The van der Waals surface area contributed by atoms with Crippen LogP contribution in [0.2, 0.25) is 0 Å². The van der Waals surface area contributed by atoms with E-state index in [1.165, 1.54) is 0 Å². The van der Waals surface area contributed by atoms with Crippen LogP contribution >= 0.6 is 15.9 Å². The van der Waals surface area contributed by atoms with Crippen molar-refractivity contribution >= 4 is 27.6 Å². The average Bonchev–Trinajstić information content (AvgIpc) is 2.55. The van der Waals surface area contributed by atoms with Crippen LogP contribution in [0.25, 0.3) is 0 Å². The Morgan fingerprint density at radius 1 is 1.22 bits per heavy atom. The van der Waals surface area contributed by atoms with Crippen molar-refractivity contribution in [1.82, 2.24) is 0 Å². The largest absolute Gasteiger partial charge is 0.493 e. The van der Waals surface area contributed by atoms with E-state index in [0.29, 0.717) is 24.7 Å². The van der Waals surface area contributed by atoms with Gasteiger partial charge in [-0.2, -0.15) is 0 Å². The lowest BCUT2D eigenvalue weighted by Crippen LogP contribution is -2.03. The molecule has 0 radical (unpaired) electrons. The van der Waals surface area contributed by atoms with Crippen LogP contribution in [0.4, 0.5) is 5.69 Å². The number of hydrogen-bond acceptors (Lipinski definition) is 4. The van der Waals surface area contributed by atoms with Crippen molar-refractivity contribution < 1.29 is 19.4 Å². The molecule has 5 nitrogen and oxygen atoms in total. The normalized spacial score (nSPS) is 10.2. The van der Waals surface area contributed by atoms with Gasteiger partial charge in [0.15, 0.2) is 11.5 Å². The fourth-order valence-corrected chi connectivity index (χ4v) is 2.53. The van der Waals surface area contributed by atoms with Gasteiger partial charge in [-0.05, 0) is 48.9 Å². The van der Waals surface area contributed by atoms with Crippen molar-refractivity contribution in [2.24, 2.45) is 0 Å². The van der Waals surface area contributed by atoms with Gasteiger partial charge in [0.2, 0.25) is 0 Å². The highest BCUT2D eigenvalue weighted by molar-refractivity contribution is 9.10. The highest BCUT2D eigenvalue weighted by Crippen LogP contribution is 2.33. The summed E-state index contributed by atoms with van der Waals surface area (Å²) in [5.74, 6) is 0.431. The minimum Gasteiger partial charge on any atom is -0.493 e. The minimum absolute atomic E-state index is 0.264. The maximum absolute atomic E-state index is 10.8. The molecule has 0 aliphatic rings. The van der Waals surface area contributed by atoms with Gasteiger partial charge in [-0.15, -0.1) is 0 Å². The molecule has 0 saturated carbocycles. The number of nitrogens with one attached hydrogen (secondary N) is 1. The molecule has 2 aromatic rings. The Morgan fingerprint density at radius 3 is 2.48 bits per heavy atom. The number of halogens is 1. The van der Waals surface area contributed by atoms with Crippen molar-refractivity contribution in [3.63, 3.8) is 0 Å². The van der Waals surface area contributed by atoms with Crippen LogP contribution < -0.4 is 14.8 Å². The van der Waals surface area contributed by atoms with Crippen LogP contribution in [-0.2, 0) is 6.54 Å². The molecule has 122 valence electrons. The zero-order valence-electron chi connectivity index (χ0n) is 12.9. The first-order chi connectivity index (χ1) is 11.0. The molecule has 2 N–H and O–H groups in total. The Bertz CT molecular complexity index is 686. The van der Waals surface area contributed by atoms with Gasteiger partial charge in [-0.1, -0.05) is 15.9 Å². The van der Waals surface area contributed by atoms with Gasteiger partial charge in [-0.25, -0.2) is 4.79 Å². The van der Waals surface area contributed by atoms with Crippen molar-refractivity contribution in [1.29, 1.82) is 0 Å². The topological polar surface area (TPSA) is 67.8 Å². The van der Waals surface area contributed by atoms with Gasteiger partial charge >= 0.3 is 5.97 Å². The van der Waals surface area contributed by atoms with Gasteiger partial charge in [0, 0.05) is 16.7 Å². The van der Waals surface area contributed by atoms with E-state index >= 15 is 0 Å². The number of aromatic carboxylic acids is 1. The van der Waals surface area contributed by atoms with Crippen molar-refractivity contribution in [3.8, 4) is 11.5 Å². The maximum Gasteiger partial charge on any atom is 0.335 e. The summed E-state index contributed by atoms with van der Waals surface area (Å²) in [5.41, 5.74) is 2.12. The lowest BCUT2D eigenvalue weighted by atomic mass is 10.1. The predicted octanol–water partition coefficient (Wildman–Crippen LogP) is 4.17. The van der Waals surface area contributed by atoms with Crippen LogP contribution in [0.5, 0.6) is 11.5 Å². The van der Waals surface area contributed by atoms with Crippen LogP contribution in [0.15, 0.2) is 40.9 Å². The third-order valence-corrected chi connectivity index (χ3v) is 3.99. The highest BCUT2D eigenvalue weighted by atomic mass is 79.9. The summed E-state index contributed by atoms with van der Waals surface area (Å²) in [4.78, 5) is 10.8. The summed E-state index contributed by atoms with van der Waals surface area (Å²) in [5, 5.41) is 12.2. The molecule has 0 unspecified atom stereocenters. The standard InChI is InChI=1S/C17H18BrNO4/c1-3-23-16-8-12(14(18)9-15(16)22-2)10-19-13-6-4-11(5-7-13)17(20)21/h4-9,19H,3,10H2,1-2H3,(H,20,21). The van der Waals surface area contributed by atoms with Gasteiger partial charge < -0.3 is 19.9 Å². The fourth-order valence-electron chi connectivity index (χ4n) is 2.07. The lowest BCUT2D eigenvalue weighted by Gasteiger charge is -2.14. The van der Waals surface area contributed by atoms with Crippen molar-refractivity contribution in [3.05, 3.63) is 52.0 Å². The zero-order chi connectivity index (χ0) is 16.8. The third-order valence-electron chi connectivity index (χ3n) is 3.25. The zero-order valence-corrected chi connectivity index (χ0v) is 14.5. The van der Waals surface area contributed by atoms with Gasteiger partial charge in [0.1, 0.15) is 0 Å². The molecule has 0 bridgehead atoms. The molecular formula is C17H18BrNO4. The molecule has 0 amide bonds. The number of methoxy groups -OCH3 is 1. The smallest absolute Gasteiger partial charge is 0.335 e. The van der Waals surface area contributed by atoms with E-state index in [9.17, 15) is 4.79 Å². The second-order valence-corrected chi connectivity index (χ2v) is 5.62. The summed E-state index contributed by atoms with van der Waals surface area (Å²) in [7, 11) is 1.60. The Morgan fingerprint density at radius 2 is 1.91 bits per heavy atom. The second kappa shape index (κ2) is 7.87. The Balaban J connectivity index is 2.13. The van der Waals surface area contributed by atoms with E-state index in [1.54, 1.807) is 31.4 Å². The second-order valence-electron chi connectivity index (χ2n) is 4.76. The molecule has 0 fully saturated rings. The van der Waals surface area contributed by atoms with Gasteiger partial charge in [0.05, 0.1) is 19.3 Å². The molecule has 0 atom stereocenters. The summed E-state index contributed by atoms with van der Waals surface area (Å²) in [6.45, 7) is 3.04. The molecule has 0 spiro atoms. The Hall–Kier alpha value is -2.21.